The molecule has 2 aliphatic rings. The standard InChI is InChI=1S/C18H26N2O/c1-13-7-10-15(11-8-13)20(2)18(21)17-12-9-14-5-3-4-6-16(14)19-17/h7-8,10-11,14,16-17,19H,3-6,9,12H2,1-2H3. The number of aryl methyl sites for hydroxylation is 1. The van der Waals surface area contributed by atoms with Crippen molar-refractivity contribution >= 4 is 11.6 Å². The largest absolute Gasteiger partial charge is 0.314 e. The summed E-state index contributed by atoms with van der Waals surface area (Å²) in [5, 5.41) is 3.63. The summed E-state index contributed by atoms with van der Waals surface area (Å²) in [6.45, 7) is 2.07. The number of nitrogens with zero attached hydrogens (tertiary/aromatic N) is 1. The molecule has 3 rings (SSSR count). The summed E-state index contributed by atoms with van der Waals surface area (Å²) in [6, 6.07) is 8.73. The summed E-state index contributed by atoms with van der Waals surface area (Å²) in [4.78, 5) is 14.5. The second kappa shape index (κ2) is 6.18. The van der Waals surface area contributed by atoms with Gasteiger partial charge in [0.1, 0.15) is 0 Å². The van der Waals surface area contributed by atoms with E-state index >= 15 is 0 Å². The number of carbonyl (C=O) groups is 1. The van der Waals surface area contributed by atoms with E-state index in [1.165, 1.54) is 37.7 Å². The zero-order valence-corrected chi connectivity index (χ0v) is 13.1. The van der Waals surface area contributed by atoms with Crippen molar-refractivity contribution in [3.63, 3.8) is 0 Å². The zero-order valence-electron chi connectivity index (χ0n) is 13.1. The Morgan fingerprint density at radius 1 is 1.10 bits per heavy atom. The first kappa shape index (κ1) is 14.6. The Balaban J connectivity index is 1.66. The van der Waals surface area contributed by atoms with Gasteiger partial charge in [-0.3, -0.25) is 4.79 Å². The molecule has 3 atom stereocenters. The lowest BCUT2D eigenvalue weighted by Gasteiger charge is -2.40. The Morgan fingerprint density at radius 3 is 2.57 bits per heavy atom. The van der Waals surface area contributed by atoms with Crippen molar-refractivity contribution in [2.75, 3.05) is 11.9 Å². The Kier molecular flexibility index (Phi) is 4.29. The maximum Gasteiger partial charge on any atom is 0.243 e. The van der Waals surface area contributed by atoms with Gasteiger partial charge in [0, 0.05) is 18.8 Å². The van der Waals surface area contributed by atoms with Crippen LogP contribution in [0.1, 0.15) is 44.1 Å². The van der Waals surface area contributed by atoms with Gasteiger partial charge in [-0.2, -0.15) is 0 Å². The number of amides is 1. The fourth-order valence-corrected chi connectivity index (χ4v) is 3.82. The van der Waals surface area contributed by atoms with Crippen LogP contribution in [-0.4, -0.2) is 25.0 Å². The number of fused-ring (bicyclic) bond motifs is 1. The molecule has 0 spiro atoms. The molecule has 1 saturated carbocycles. The van der Waals surface area contributed by atoms with Crippen molar-refractivity contribution < 1.29 is 4.79 Å². The van der Waals surface area contributed by atoms with E-state index in [2.05, 4.69) is 24.4 Å². The summed E-state index contributed by atoms with van der Waals surface area (Å²) in [5.41, 5.74) is 2.21. The second-order valence-corrected chi connectivity index (χ2v) is 6.68. The van der Waals surface area contributed by atoms with E-state index in [9.17, 15) is 4.79 Å². The first-order valence-electron chi connectivity index (χ1n) is 8.25. The molecule has 2 fully saturated rings. The monoisotopic (exact) mass is 286 g/mol. The van der Waals surface area contributed by atoms with Crippen LogP contribution in [0.5, 0.6) is 0 Å². The minimum atomic E-state index is -0.00402. The lowest BCUT2D eigenvalue weighted by atomic mass is 9.77. The van der Waals surface area contributed by atoms with Crippen molar-refractivity contribution in [1.29, 1.82) is 0 Å². The molecule has 1 aromatic rings. The molecule has 114 valence electrons. The van der Waals surface area contributed by atoms with Crippen molar-refractivity contribution in [3.8, 4) is 0 Å². The smallest absolute Gasteiger partial charge is 0.243 e. The SMILES string of the molecule is Cc1ccc(N(C)C(=O)C2CCC3CCCCC3N2)cc1. The lowest BCUT2D eigenvalue weighted by Crippen LogP contribution is -2.55. The number of hydrogen-bond donors (Lipinski definition) is 1. The first-order chi connectivity index (χ1) is 10.1. The van der Waals surface area contributed by atoms with Crippen LogP contribution in [0, 0.1) is 12.8 Å². The second-order valence-electron chi connectivity index (χ2n) is 6.68. The third-order valence-corrected chi connectivity index (χ3v) is 5.20. The lowest BCUT2D eigenvalue weighted by molar-refractivity contribution is -0.121. The quantitative estimate of drug-likeness (QED) is 0.905. The fourth-order valence-electron chi connectivity index (χ4n) is 3.82. The van der Waals surface area contributed by atoms with Crippen LogP contribution in [0.3, 0.4) is 0 Å². The number of rotatable bonds is 2. The highest BCUT2D eigenvalue weighted by Gasteiger charge is 2.35. The molecule has 0 radical (unpaired) electrons. The predicted octanol–water partition coefficient (Wildman–Crippen LogP) is 3.27. The van der Waals surface area contributed by atoms with Crippen LogP contribution in [0.4, 0.5) is 5.69 Å². The third-order valence-electron chi connectivity index (χ3n) is 5.20. The van der Waals surface area contributed by atoms with Gasteiger partial charge >= 0.3 is 0 Å². The van der Waals surface area contributed by atoms with E-state index in [1.54, 1.807) is 4.90 Å². The van der Waals surface area contributed by atoms with Crippen molar-refractivity contribution in [2.24, 2.45) is 5.92 Å². The fraction of sp³-hybridized carbons (Fsp3) is 0.611. The van der Waals surface area contributed by atoms with Gasteiger partial charge in [-0.1, -0.05) is 30.5 Å². The van der Waals surface area contributed by atoms with Gasteiger partial charge in [-0.05, 0) is 50.7 Å². The number of hydrogen-bond acceptors (Lipinski definition) is 2. The molecule has 3 nitrogen and oxygen atoms in total. The molecule has 3 unspecified atom stereocenters. The molecule has 1 N–H and O–H groups in total. The molecular formula is C18H26N2O. The summed E-state index contributed by atoms with van der Waals surface area (Å²) >= 11 is 0. The van der Waals surface area contributed by atoms with Crippen molar-refractivity contribution in [2.45, 2.75) is 57.5 Å². The van der Waals surface area contributed by atoms with E-state index < -0.39 is 0 Å². The van der Waals surface area contributed by atoms with E-state index in [0.717, 1.165) is 18.0 Å². The van der Waals surface area contributed by atoms with Crippen LogP contribution in [-0.2, 0) is 4.79 Å². The predicted molar refractivity (Wildman–Crippen MR) is 86.5 cm³/mol. The molecule has 0 bridgehead atoms. The van der Waals surface area contributed by atoms with Gasteiger partial charge in [0.25, 0.3) is 0 Å². The van der Waals surface area contributed by atoms with Gasteiger partial charge < -0.3 is 10.2 Å². The van der Waals surface area contributed by atoms with Gasteiger partial charge in [-0.25, -0.2) is 0 Å². The average Bonchev–Trinajstić information content (AvgIpc) is 2.54. The average molecular weight is 286 g/mol. The summed E-state index contributed by atoms with van der Waals surface area (Å²) in [7, 11) is 1.89. The Hall–Kier alpha value is -1.35. The number of benzene rings is 1. The van der Waals surface area contributed by atoms with E-state index in [1.807, 2.05) is 19.2 Å². The van der Waals surface area contributed by atoms with Crippen molar-refractivity contribution in [3.05, 3.63) is 29.8 Å². The Bertz CT molecular complexity index is 496. The molecular weight excluding hydrogens is 260 g/mol. The molecule has 21 heavy (non-hydrogen) atoms. The molecule has 1 aromatic carbocycles. The number of nitrogens with one attached hydrogen (secondary N) is 1. The number of carbonyl (C=O) groups excluding carboxylic acids is 1. The van der Waals surface area contributed by atoms with E-state index in [0.29, 0.717) is 6.04 Å². The molecule has 1 aliphatic heterocycles. The molecule has 1 saturated heterocycles. The maximum atomic E-state index is 12.7. The van der Waals surface area contributed by atoms with E-state index in [-0.39, 0.29) is 11.9 Å². The van der Waals surface area contributed by atoms with Gasteiger partial charge in [0.2, 0.25) is 5.91 Å². The summed E-state index contributed by atoms with van der Waals surface area (Å²) in [5.74, 6) is 1.01. The highest BCUT2D eigenvalue weighted by Crippen LogP contribution is 2.32. The number of piperidine rings is 1. The minimum absolute atomic E-state index is 0.00402. The Morgan fingerprint density at radius 2 is 1.81 bits per heavy atom. The topological polar surface area (TPSA) is 32.3 Å². The minimum Gasteiger partial charge on any atom is -0.314 e. The number of anilines is 1. The van der Waals surface area contributed by atoms with E-state index in [4.69, 9.17) is 0 Å². The first-order valence-corrected chi connectivity index (χ1v) is 8.25. The van der Waals surface area contributed by atoms with Gasteiger partial charge in [0.15, 0.2) is 0 Å². The third kappa shape index (κ3) is 3.13. The highest BCUT2D eigenvalue weighted by atomic mass is 16.2. The molecule has 0 aromatic heterocycles. The zero-order chi connectivity index (χ0) is 14.8. The normalized spacial score (nSPS) is 28.8. The maximum absolute atomic E-state index is 12.7. The Labute approximate surface area is 127 Å². The van der Waals surface area contributed by atoms with Crippen LogP contribution in [0.15, 0.2) is 24.3 Å². The van der Waals surface area contributed by atoms with Crippen LogP contribution in [0.25, 0.3) is 0 Å². The van der Waals surface area contributed by atoms with Gasteiger partial charge in [-0.15, -0.1) is 0 Å². The van der Waals surface area contributed by atoms with Crippen LogP contribution < -0.4 is 10.2 Å². The van der Waals surface area contributed by atoms with Crippen molar-refractivity contribution in [1.82, 2.24) is 5.32 Å². The molecule has 1 aliphatic carbocycles. The highest BCUT2D eigenvalue weighted by molar-refractivity contribution is 5.96. The van der Waals surface area contributed by atoms with Crippen LogP contribution >= 0.6 is 0 Å². The molecule has 3 heteroatoms. The molecule has 1 amide bonds. The number of likely N-dealkylation sites (N-methyl/N-ethyl adjacent to an activating group) is 1. The summed E-state index contributed by atoms with van der Waals surface area (Å²) in [6.07, 6.45) is 7.44. The van der Waals surface area contributed by atoms with Gasteiger partial charge in [0.05, 0.1) is 6.04 Å². The van der Waals surface area contributed by atoms with Crippen LogP contribution in [0.2, 0.25) is 0 Å². The summed E-state index contributed by atoms with van der Waals surface area (Å²) < 4.78 is 0. The molecule has 1 heterocycles.